The highest BCUT2D eigenvalue weighted by Gasteiger charge is 2.66. The molecule has 0 unspecified atom stereocenters. The molecule has 0 N–H and O–H groups in total. The average molecular weight is 288 g/mol. The van der Waals surface area contributed by atoms with Gasteiger partial charge in [-0.15, -0.1) is 0 Å². The van der Waals surface area contributed by atoms with Crippen molar-refractivity contribution >= 4 is 5.78 Å². The van der Waals surface area contributed by atoms with Crippen molar-refractivity contribution in [1.82, 2.24) is 0 Å². The van der Waals surface area contributed by atoms with Gasteiger partial charge in [-0.3, -0.25) is 4.79 Å². The Kier molecular flexibility index (Phi) is 2.68. The lowest BCUT2D eigenvalue weighted by molar-refractivity contribution is -0.149. The third-order valence-electron chi connectivity index (χ3n) is 8.65. The topological polar surface area (TPSA) is 17.1 Å². The zero-order chi connectivity index (χ0) is 15.1. The molecule has 2 bridgehead atoms. The summed E-state index contributed by atoms with van der Waals surface area (Å²) in [6, 6.07) is 0. The molecule has 0 aliphatic heterocycles. The van der Waals surface area contributed by atoms with Gasteiger partial charge in [0.25, 0.3) is 0 Å². The van der Waals surface area contributed by atoms with E-state index in [1.165, 1.54) is 51.4 Å². The Balaban J connectivity index is 1.75. The zero-order valence-corrected chi connectivity index (χ0v) is 14.4. The highest BCUT2D eigenvalue weighted by Crippen LogP contribution is 2.72. The quantitative estimate of drug-likeness (QED) is 0.585. The van der Waals surface area contributed by atoms with Crippen LogP contribution in [0.1, 0.15) is 85.5 Å². The molecule has 4 fully saturated rings. The molecule has 4 aliphatic carbocycles. The molecular formula is C20H32O. The van der Waals surface area contributed by atoms with E-state index in [2.05, 4.69) is 27.7 Å². The predicted octanol–water partition coefficient (Wildman–Crippen LogP) is 5.38. The van der Waals surface area contributed by atoms with Crippen LogP contribution in [0, 0.1) is 33.5 Å². The smallest absolute Gasteiger partial charge is 0.139 e. The van der Waals surface area contributed by atoms with Gasteiger partial charge in [0.2, 0.25) is 0 Å². The van der Waals surface area contributed by atoms with E-state index < -0.39 is 0 Å². The van der Waals surface area contributed by atoms with Crippen LogP contribution in [0.4, 0.5) is 0 Å². The summed E-state index contributed by atoms with van der Waals surface area (Å²) in [5.74, 6) is 2.31. The van der Waals surface area contributed by atoms with Crippen molar-refractivity contribution in [1.29, 1.82) is 0 Å². The summed E-state index contributed by atoms with van der Waals surface area (Å²) in [7, 11) is 0. The first-order chi connectivity index (χ1) is 9.72. The Labute approximate surface area is 130 Å². The molecular weight excluding hydrogens is 256 g/mol. The van der Waals surface area contributed by atoms with Gasteiger partial charge < -0.3 is 0 Å². The number of rotatable bonds is 0. The Morgan fingerprint density at radius 2 is 1.62 bits per heavy atom. The third-order valence-corrected chi connectivity index (χ3v) is 8.65. The summed E-state index contributed by atoms with van der Waals surface area (Å²) in [6.45, 7) is 9.90. The van der Waals surface area contributed by atoms with Gasteiger partial charge in [-0.05, 0) is 73.0 Å². The monoisotopic (exact) mass is 288 g/mol. The van der Waals surface area contributed by atoms with Crippen molar-refractivity contribution in [3.05, 3.63) is 0 Å². The van der Waals surface area contributed by atoms with E-state index in [0.717, 1.165) is 18.3 Å². The van der Waals surface area contributed by atoms with E-state index in [9.17, 15) is 4.79 Å². The molecule has 0 amide bonds. The van der Waals surface area contributed by atoms with Gasteiger partial charge in [-0.25, -0.2) is 0 Å². The van der Waals surface area contributed by atoms with Crippen LogP contribution in [0.3, 0.4) is 0 Å². The van der Waals surface area contributed by atoms with Crippen LogP contribution in [0.25, 0.3) is 0 Å². The summed E-state index contributed by atoms with van der Waals surface area (Å²) in [6.07, 6.45) is 11.6. The second-order valence-electron chi connectivity index (χ2n) is 10.2. The maximum atomic E-state index is 12.6. The fourth-order valence-corrected chi connectivity index (χ4v) is 7.83. The van der Waals surface area contributed by atoms with Crippen molar-refractivity contribution in [3.8, 4) is 0 Å². The second kappa shape index (κ2) is 3.95. The summed E-state index contributed by atoms with van der Waals surface area (Å²) in [5.41, 5.74) is 1.45. The number of hydrogen-bond acceptors (Lipinski definition) is 1. The van der Waals surface area contributed by atoms with Gasteiger partial charge in [0, 0.05) is 11.8 Å². The molecule has 0 aromatic rings. The average Bonchev–Trinajstić information content (AvgIpc) is 2.54. The summed E-state index contributed by atoms with van der Waals surface area (Å²) < 4.78 is 0. The minimum absolute atomic E-state index is 0.0455. The minimum atomic E-state index is 0.0455. The summed E-state index contributed by atoms with van der Waals surface area (Å²) >= 11 is 0. The van der Waals surface area contributed by atoms with Crippen LogP contribution in [-0.4, -0.2) is 5.78 Å². The Morgan fingerprint density at radius 1 is 0.905 bits per heavy atom. The number of carbonyl (C=O) groups excluding carboxylic acids is 1. The van der Waals surface area contributed by atoms with E-state index in [-0.39, 0.29) is 5.41 Å². The lowest BCUT2D eigenvalue weighted by atomic mass is 9.40. The van der Waals surface area contributed by atoms with Crippen LogP contribution in [0.15, 0.2) is 0 Å². The maximum Gasteiger partial charge on any atom is 0.139 e. The summed E-state index contributed by atoms with van der Waals surface area (Å²) in [4.78, 5) is 12.6. The van der Waals surface area contributed by atoms with Gasteiger partial charge in [0.1, 0.15) is 5.78 Å². The molecule has 1 heteroatoms. The Morgan fingerprint density at radius 3 is 2.38 bits per heavy atom. The molecule has 0 aromatic carbocycles. The van der Waals surface area contributed by atoms with Gasteiger partial charge in [-0.1, -0.05) is 34.1 Å². The fraction of sp³-hybridized carbons (Fsp3) is 0.950. The van der Waals surface area contributed by atoms with Gasteiger partial charge in [0.05, 0.1) is 0 Å². The Bertz CT molecular complexity index is 492. The van der Waals surface area contributed by atoms with Crippen LogP contribution in [0.2, 0.25) is 0 Å². The lowest BCUT2D eigenvalue weighted by Crippen LogP contribution is -2.56. The van der Waals surface area contributed by atoms with Crippen LogP contribution < -0.4 is 0 Å². The van der Waals surface area contributed by atoms with Crippen LogP contribution in [0.5, 0.6) is 0 Å². The molecule has 1 nitrogen and oxygen atoms in total. The molecule has 4 rings (SSSR count). The minimum Gasteiger partial charge on any atom is -0.299 e. The highest BCUT2D eigenvalue weighted by molar-refractivity contribution is 5.88. The van der Waals surface area contributed by atoms with Crippen molar-refractivity contribution in [2.24, 2.45) is 33.5 Å². The van der Waals surface area contributed by atoms with Crippen molar-refractivity contribution in [2.75, 3.05) is 0 Å². The number of ketones is 1. The lowest BCUT2D eigenvalue weighted by Gasteiger charge is -2.64. The SMILES string of the molecule is CC1(C)CCC[C@@]2(C)[C@H]1CC[C@@]13CC(=O)[C@](C)(CC[C@@H]12)C3. The van der Waals surface area contributed by atoms with Gasteiger partial charge in [-0.2, -0.15) is 0 Å². The highest BCUT2D eigenvalue weighted by atomic mass is 16.1. The molecule has 4 aliphatic rings. The molecule has 5 atom stereocenters. The number of hydrogen-bond donors (Lipinski definition) is 0. The van der Waals surface area contributed by atoms with Crippen LogP contribution >= 0.6 is 0 Å². The normalized spacial score (nSPS) is 55.0. The van der Waals surface area contributed by atoms with Crippen LogP contribution in [-0.2, 0) is 4.79 Å². The molecule has 4 saturated carbocycles. The number of Topliss-reactive ketones (excluding diaryl/α,β-unsaturated/α-hetero) is 1. The molecule has 0 radical (unpaired) electrons. The van der Waals surface area contributed by atoms with E-state index in [0.29, 0.717) is 22.0 Å². The van der Waals surface area contributed by atoms with E-state index in [1.807, 2.05) is 0 Å². The number of carbonyl (C=O) groups is 1. The first-order valence-corrected chi connectivity index (χ1v) is 9.25. The van der Waals surface area contributed by atoms with Crippen molar-refractivity contribution in [2.45, 2.75) is 85.5 Å². The third kappa shape index (κ3) is 1.67. The van der Waals surface area contributed by atoms with Crippen molar-refractivity contribution in [3.63, 3.8) is 0 Å². The van der Waals surface area contributed by atoms with E-state index >= 15 is 0 Å². The molecule has 0 aromatic heterocycles. The Hall–Kier alpha value is -0.330. The predicted molar refractivity (Wildman–Crippen MR) is 86.0 cm³/mol. The summed E-state index contributed by atoms with van der Waals surface area (Å²) in [5, 5.41) is 0. The molecule has 118 valence electrons. The standard InChI is InChI=1S/C20H32O/c1-17(2)8-5-9-19(4)14(17)7-11-20-12-16(21)18(3,13-20)10-6-15(19)20/h14-15H,5-13H2,1-4H3/t14-,15+,18+,19-,20-/m0/s1. The number of fused-ring (bicyclic) bond motifs is 3. The first-order valence-electron chi connectivity index (χ1n) is 9.25. The molecule has 0 heterocycles. The molecule has 1 spiro atoms. The zero-order valence-electron chi connectivity index (χ0n) is 14.4. The first kappa shape index (κ1) is 14.3. The fourth-order valence-electron chi connectivity index (χ4n) is 7.83. The largest absolute Gasteiger partial charge is 0.299 e. The van der Waals surface area contributed by atoms with Gasteiger partial charge in [0.15, 0.2) is 0 Å². The molecule has 0 saturated heterocycles. The molecule has 21 heavy (non-hydrogen) atoms. The maximum absolute atomic E-state index is 12.6. The van der Waals surface area contributed by atoms with E-state index in [4.69, 9.17) is 0 Å². The van der Waals surface area contributed by atoms with Gasteiger partial charge >= 0.3 is 0 Å². The van der Waals surface area contributed by atoms with Crippen molar-refractivity contribution < 1.29 is 4.79 Å². The second-order valence-corrected chi connectivity index (χ2v) is 10.2. The van der Waals surface area contributed by atoms with E-state index in [1.54, 1.807) is 0 Å².